The second kappa shape index (κ2) is 7.56. The molecule has 3 aromatic rings. The van der Waals surface area contributed by atoms with Gasteiger partial charge in [0.25, 0.3) is 0 Å². The molecule has 3 aromatic carbocycles. The van der Waals surface area contributed by atoms with Crippen molar-refractivity contribution in [3.63, 3.8) is 0 Å². The second-order valence-electron chi connectivity index (χ2n) is 6.46. The smallest absolute Gasteiger partial charge is 0.356 e. The van der Waals surface area contributed by atoms with E-state index in [4.69, 9.17) is 14.2 Å². The van der Waals surface area contributed by atoms with Gasteiger partial charge in [0.1, 0.15) is 12.4 Å². The Morgan fingerprint density at radius 1 is 0.893 bits per heavy atom. The minimum absolute atomic E-state index is 0.0813. The summed E-state index contributed by atoms with van der Waals surface area (Å²) in [6.07, 6.45) is -0.847. The van der Waals surface area contributed by atoms with Crippen LogP contribution in [0.15, 0.2) is 72.8 Å². The standard InChI is InChI=1S/C23H18O5/c1-15-13-17(22(24)16-7-3-2-4-8-16)11-12-18(15)28-23(25)21-14-26-19-9-5-6-10-20(19)27-21/h2-13,21H,14H2,1H3. The van der Waals surface area contributed by atoms with Crippen molar-refractivity contribution in [3.05, 3.63) is 89.5 Å². The minimum Gasteiger partial charge on any atom is -0.485 e. The van der Waals surface area contributed by atoms with Crippen LogP contribution >= 0.6 is 0 Å². The van der Waals surface area contributed by atoms with E-state index in [9.17, 15) is 9.59 Å². The number of hydrogen-bond acceptors (Lipinski definition) is 5. The summed E-state index contributed by atoms with van der Waals surface area (Å²) in [5.41, 5.74) is 1.83. The number of carbonyl (C=O) groups excluding carboxylic acids is 2. The molecule has 1 aliphatic rings. The van der Waals surface area contributed by atoms with E-state index in [2.05, 4.69) is 0 Å². The molecule has 5 heteroatoms. The molecule has 0 saturated heterocycles. The van der Waals surface area contributed by atoms with E-state index in [-0.39, 0.29) is 12.4 Å². The van der Waals surface area contributed by atoms with E-state index in [0.29, 0.717) is 33.9 Å². The van der Waals surface area contributed by atoms with Gasteiger partial charge in [0.05, 0.1) is 0 Å². The lowest BCUT2D eigenvalue weighted by Gasteiger charge is -2.25. The van der Waals surface area contributed by atoms with Gasteiger partial charge in [0.15, 0.2) is 17.3 Å². The summed E-state index contributed by atoms with van der Waals surface area (Å²) in [6.45, 7) is 1.87. The summed E-state index contributed by atoms with van der Waals surface area (Å²) in [5, 5.41) is 0. The van der Waals surface area contributed by atoms with Crippen LogP contribution in [0.2, 0.25) is 0 Å². The molecule has 0 aliphatic carbocycles. The van der Waals surface area contributed by atoms with Gasteiger partial charge in [-0.2, -0.15) is 0 Å². The number of benzene rings is 3. The molecular formula is C23H18O5. The quantitative estimate of drug-likeness (QED) is 0.393. The van der Waals surface area contributed by atoms with Gasteiger partial charge in [0, 0.05) is 11.1 Å². The van der Waals surface area contributed by atoms with Crippen molar-refractivity contribution in [1.29, 1.82) is 0 Å². The minimum atomic E-state index is -0.847. The van der Waals surface area contributed by atoms with Crippen molar-refractivity contribution in [1.82, 2.24) is 0 Å². The number of carbonyl (C=O) groups is 2. The molecular weight excluding hydrogens is 356 g/mol. The average Bonchev–Trinajstić information content (AvgIpc) is 2.74. The van der Waals surface area contributed by atoms with E-state index in [0.717, 1.165) is 0 Å². The van der Waals surface area contributed by atoms with Crippen LogP contribution in [0.5, 0.6) is 17.2 Å². The van der Waals surface area contributed by atoms with Crippen LogP contribution in [0.3, 0.4) is 0 Å². The van der Waals surface area contributed by atoms with E-state index in [1.54, 1.807) is 49.4 Å². The molecule has 0 radical (unpaired) electrons. The largest absolute Gasteiger partial charge is 0.485 e. The van der Waals surface area contributed by atoms with Crippen LogP contribution in [-0.2, 0) is 4.79 Å². The summed E-state index contributed by atoms with van der Waals surface area (Å²) in [5.74, 6) is 0.877. The number of para-hydroxylation sites is 2. The predicted octanol–water partition coefficient (Wildman–Crippen LogP) is 3.97. The van der Waals surface area contributed by atoms with Gasteiger partial charge in [0.2, 0.25) is 6.10 Å². The number of ketones is 1. The average molecular weight is 374 g/mol. The Kier molecular flexibility index (Phi) is 4.81. The lowest BCUT2D eigenvalue weighted by Crippen LogP contribution is -2.39. The Labute approximate surface area is 162 Å². The number of esters is 1. The van der Waals surface area contributed by atoms with Crippen molar-refractivity contribution in [2.75, 3.05) is 6.61 Å². The summed E-state index contributed by atoms with van der Waals surface area (Å²) in [4.78, 5) is 25.0. The van der Waals surface area contributed by atoms with Gasteiger partial charge in [-0.05, 0) is 42.8 Å². The lowest BCUT2D eigenvalue weighted by atomic mass is 10.0. The van der Waals surface area contributed by atoms with Crippen molar-refractivity contribution >= 4 is 11.8 Å². The Hall–Kier alpha value is -3.60. The van der Waals surface area contributed by atoms with E-state index >= 15 is 0 Å². The van der Waals surface area contributed by atoms with Gasteiger partial charge in [-0.1, -0.05) is 42.5 Å². The highest BCUT2D eigenvalue weighted by Gasteiger charge is 2.29. The molecule has 5 nitrogen and oxygen atoms in total. The maximum absolute atomic E-state index is 12.6. The zero-order chi connectivity index (χ0) is 19.5. The third-order valence-corrected chi connectivity index (χ3v) is 4.46. The molecule has 0 fully saturated rings. The van der Waals surface area contributed by atoms with Crippen LogP contribution in [0.25, 0.3) is 0 Å². The molecule has 4 rings (SSSR count). The Morgan fingerprint density at radius 2 is 1.61 bits per heavy atom. The van der Waals surface area contributed by atoms with Gasteiger partial charge < -0.3 is 14.2 Å². The van der Waals surface area contributed by atoms with Crippen LogP contribution in [0.1, 0.15) is 21.5 Å². The van der Waals surface area contributed by atoms with Crippen molar-refractivity contribution in [2.24, 2.45) is 0 Å². The van der Waals surface area contributed by atoms with Gasteiger partial charge in [-0.3, -0.25) is 4.79 Å². The molecule has 1 aliphatic heterocycles. The molecule has 0 amide bonds. The fourth-order valence-electron chi connectivity index (χ4n) is 2.97. The number of ether oxygens (including phenoxy) is 3. The molecule has 28 heavy (non-hydrogen) atoms. The summed E-state index contributed by atoms with van der Waals surface area (Å²) in [7, 11) is 0. The first-order chi connectivity index (χ1) is 13.6. The molecule has 1 atom stereocenters. The molecule has 0 bridgehead atoms. The van der Waals surface area contributed by atoms with Crippen LogP contribution in [0, 0.1) is 6.92 Å². The number of hydrogen-bond donors (Lipinski definition) is 0. The Morgan fingerprint density at radius 3 is 2.36 bits per heavy atom. The first-order valence-electron chi connectivity index (χ1n) is 8.92. The molecule has 140 valence electrons. The van der Waals surface area contributed by atoms with Gasteiger partial charge in [-0.15, -0.1) is 0 Å². The Bertz CT molecular complexity index is 1030. The number of aryl methyl sites for hydroxylation is 1. The zero-order valence-corrected chi connectivity index (χ0v) is 15.3. The molecule has 1 unspecified atom stereocenters. The number of fused-ring (bicyclic) bond motifs is 1. The fraction of sp³-hybridized carbons (Fsp3) is 0.130. The number of rotatable bonds is 4. The van der Waals surface area contributed by atoms with Crippen molar-refractivity contribution < 1.29 is 23.8 Å². The maximum Gasteiger partial charge on any atom is 0.356 e. The van der Waals surface area contributed by atoms with E-state index in [1.807, 2.05) is 30.3 Å². The van der Waals surface area contributed by atoms with E-state index < -0.39 is 12.1 Å². The fourth-order valence-corrected chi connectivity index (χ4v) is 2.97. The Balaban J connectivity index is 1.47. The molecule has 1 heterocycles. The van der Waals surface area contributed by atoms with E-state index in [1.165, 1.54) is 0 Å². The molecule has 0 saturated carbocycles. The second-order valence-corrected chi connectivity index (χ2v) is 6.46. The van der Waals surface area contributed by atoms with Crippen molar-refractivity contribution in [3.8, 4) is 17.2 Å². The highest BCUT2D eigenvalue weighted by molar-refractivity contribution is 6.09. The topological polar surface area (TPSA) is 61.8 Å². The third kappa shape index (κ3) is 3.60. The van der Waals surface area contributed by atoms with Crippen LogP contribution in [0.4, 0.5) is 0 Å². The summed E-state index contributed by atoms with van der Waals surface area (Å²) >= 11 is 0. The summed E-state index contributed by atoms with van der Waals surface area (Å²) in [6, 6.07) is 21.2. The van der Waals surface area contributed by atoms with Crippen LogP contribution in [-0.4, -0.2) is 24.5 Å². The lowest BCUT2D eigenvalue weighted by molar-refractivity contribution is -0.144. The molecule has 0 N–H and O–H groups in total. The highest BCUT2D eigenvalue weighted by Crippen LogP contribution is 2.31. The van der Waals surface area contributed by atoms with Crippen molar-refractivity contribution in [2.45, 2.75) is 13.0 Å². The first kappa shape index (κ1) is 17.8. The monoisotopic (exact) mass is 374 g/mol. The molecule has 0 spiro atoms. The predicted molar refractivity (Wildman–Crippen MR) is 103 cm³/mol. The zero-order valence-electron chi connectivity index (χ0n) is 15.3. The highest BCUT2D eigenvalue weighted by atomic mass is 16.6. The first-order valence-corrected chi connectivity index (χ1v) is 8.92. The maximum atomic E-state index is 12.6. The van der Waals surface area contributed by atoms with Gasteiger partial charge >= 0.3 is 5.97 Å². The summed E-state index contributed by atoms with van der Waals surface area (Å²) < 4.78 is 16.7. The normalized spacial score (nSPS) is 15.0. The molecule has 0 aromatic heterocycles. The van der Waals surface area contributed by atoms with Crippen LogP contribution < -0.4 is 14.2 Å². The SMILES string of the molecule is Cc1cc(C(=O)c2ccccc2)ccc1OC(=O)C1COc2ccccc2O1. The van der Waals surface area contributed by atoms with Gasteiger partial charge in [-0.25, -0.2) is 4.79 Å². The third-order valence-electron chi connectivity index (χ3n) is 4.46.